The highest BCUT2D eigenvalue weighted by Gasteiger charge is 2.05. The molecular formula is C12H12NO3-. The van der Waals surface area contributed by atoms with E-state index in [9.17, 15) is 14.7 Å². The third-order valence-electron chi connectivity index (χ3n) is 2.03. The van der Waals surface area contributed by atoms with Crippen LogP contribution in [0.3, 0.4) is 0 Å². The number of nitrogens with one attached hydrogen (secondary N) is 1. The van der Waals surface area contributed by atoms with Crippen molar-refractivity contribution >= 4 is 11.9 Å². The van der Waals surface area contributed by atoms with Crippen molar-refractivity contribution in [1.29, 1.82) is 0 Å². The summed E-state index contributed by atoms with van der Waals surface area (Å²) in [4.78, 5) is 21.3. The number of carbonyl (C=O) groups excluding carboxylic acids is 2. The van der Waals surface area contributed by atoms with E-state index in [0.717, 1.165) is 11.6 Å². The minimum Gasteiger partial charge on any atom is -0.545 e. The Kier molecular flexibility index (Phi) is 4.27. The highest BCUT2D eigenvalue weighted by molar-refractivity contribution is 5.93. The van der Waals surface area contributed by atoms with Gasteiger partial charge in [0.05, 0.1) is 12.0 Å². The van der Waals surface area contributed by atoms with Gasteiger partial charge in [-0.15, -0.1) is 0 Å². The lowest BCUT2D eigenvalue weighted by Gasteiger charge is -2.12. The molecule has 0 bridgehead atoms. The molecule has 0 radical (unpaired) electrons. The van der Waals surface area contributed by atoms with Crippen LogP contribution in [0.2, 0.25) is 0 Å². The Labute approximate surface area is 93.6 Å². The highest BCUT2D eigenvalue weighted by atomic mass is 16.4. The molecule has 0 fully saturated rings. The zero-order valence-corrected chi connectivity index (χ0v) is 8.84. The van der Waals surface area contributed by atoms with Crippen LogP contribution in [-0.4, -0.2) is 11.9 Å². The summed E-state index contributed by atoms with van der Waals surface area (Å²) in [7, 11) is 0. The van der Waals surface area contributed by atoms with Crippen molar-refractivity contribution in [3.8, 4) is 0 Å². The molecule has 0 aliphatic carbocycles. The first-order valence-corrected chi connectivity index (χ1v) is 4.84. The lowest BCUT2D eigenvalue weighted by atomic mass is 10.1. The van der Waals surface area contributed by atoms with E-state index in [1.165, 1.54) is 0 Å². The Morgan fingerprint density at radius 1 is 1.25 bits per heavy atom. The highest BCUT2D eigenvalue weighted by Crippen LogP contribution is 2.10. The van der Waals surface area contributed by atoms with Gasteiger partial charge in [-0.05, 0) is 18.6 Å². The number of carboxylic acid groups (broad SMARTS) is 1. The summed E-state index contributed by atoms with van der Waals surface area (Å²) in [5.74, 6) is -1.84. The average molecular weight is 218 g/mol. The number of carbonyl (C=O) groups is 2. The van der Waals surface area contributed by atoms with E-state index in [-0.39, 0.29) is 6.04 Å². The summed E-state index contributed by atoms with van der Waals surface area (Å²) < 4.78 is 0. The second kappa shape index (κ2) is 5.70. The van der Waals surface area contributed by atoms with Crippen LogP contribution in [-0.2, 0) is 9.59 Å². The van der Waals surface area contributed by atoms with Crippen LogP contribution in [0.25, 0.3) is 0 Å². The van der Waals surface area contributed by atoms with E-state index in [0.29, 0.717) is 6.08 Å². The summed E-state index contributed by atoms with van der Waals surface area (Å²) in [5, 5.41) is 12.7. The summed E-state index contributed by atoms with van der Waals surface area (Å²) in [6, 6.07) is 9.22. The number of benzene rings is 1. The van der Waals surface area contributed by atoms with Gasteiger partial charge >= 0.3 is 0 Å². The molecule has 0 spiro atoms. The van der Waals surface area contributed by atoms with Crippen LogP contribution in [0.1, 0.15) is 18.5 Å². The zero-order valence-electron chi connectivity index (χ0n) is 8.84. The van der Waals surface area contributed by atoms with Crippen molar-refractivity contribution in [3.05, 3.63) is 48.0 Å². The molecule has 1 N–H and O–H groups in total. The summed E-state index contributed by atoms with van der Waals surface area (Å²) in [5.41, 5.74) is 0.956. The van der Waals surface area contributed by atoms with Crippen molar-refractivity contribution in [2.24, 2.45) is 0 Å². The van der Waals surface area contributed by atoms with Gasteiger partial charge in [0.2, 0.25) is 5.91 Å². The molecule has 1 aromatic carbocycles. The fraction of sp³-hybridized carbons (Fsp3) is 0.167. The molecular weight excluding hydrogens is 206 g/mol. The van der Waals surface area contributed by atoms with Gasteiger partial charge in [0, 0.05) is 6.08 Å². The van der Waals surface area contributed by atoms with Crippen LogP contribution in [0.15, 0.2) is 42.5 Å². The number of hydrogen-bond donors (Lipinski definition) is 1. The summed E-state index contributed by atoms with van der Waals surface area (Å²) in [6.45, 7) is 1.82. The number of amides is 1. The van der Waals surface area contributed by atoms with Crippen molar-refractivity contribution in [3.63, 3.8) is 0 Å². The Morgan fingerprint density at radius 3 is 2.44 bits per heavy atom. The molecule has 0 saturated carbocycles. The van der Waals surface area contributed by atoms with Crippen molar-refractivity contribution in [1.82, 2.24) is 5.32 Å². The predicted molar refractivity (Wildman–Crippen MR) is 57.1 cm³/mol. The number of hydrogen-bond acceptors (Lipinski definition) is 3. The van der Waals surface area contributed by atoms with Gasteiger partial charge < -0.3 is 15.2 Å². The number of aliphatic carboxylic acids is 1. The second-order valence-corrected chi connectivity index (χ2v) is 3.29. The van der Waals surface area contributed by atoms with E-state index in [2.05, 4.69) is 5.32 Å². The minimum absolute atomic E-state index is 0.167. The molecule has 1 amide bonds. The quantitative estimate of drug-likeness (QED) is 0.732. The first-order chi connectivity index (χ1) is 7.59. The molecule has 16 heavy (non-hydrogen) atoms. The van der Waals surface area contributed by atoms with Crippen LogP contribution in [0, 0.1) is 0 Å². The SMILES string of the molecule is C[C@@H](NC(=O)/C=C/C(=O)[O-])c1ccccc1. The molecule has 0 aromatic heterocycles. The summed E-state index contributed by atoms with van der Waals surface area (Å²) >= 11 is 0. The van der Waals surface area contributed by atoms with Crippen LogP contribution in [0.4, 0.5) is 0 Å². The third-order valence-corrected chi connectivity index (χ3v) is 2.03. The lowest BCUT2D eigenvalue weighted by molar-refractivity contribution is -0.297. The smallest absolute Gasteiger partial charge is 0.244 e. The normalized spacial score (nSPS) is 12.3. The zero-order chi connectivity index (χ0) is 12.0. The maximum Gasteiger partial charge on any atom is 0.244 e. The molecule has 0 heterocycles. The van der Waals surface area contributed by atoms with Gasteiger partial charge in [-0.25, -0.2) is 0 Å². The predicted octanol–water partition coefficient (Wildman–Crippen LogP) is 0.170. The molecule has 0 aliphatic rings. The Hall–Kier alpha value is -2.10. The number of carboxylic acids is 1. The van der Waals surface area contributed by atoms with Crippen LogP contribution in [0.5, 0.6) is 0 Å². The second-order valence-electron chi connectivity index (χ2n) is 3.29. The van der Waals surface area contributed by atoms with Crippen LogP contribution >= 0.6 is 0 Å². The Morgan fingerprint density at radius 2 is 1.88 bits per heavy atom. The third kappa shape index (κ3) is 3.96. The largest absolute Gasteiger partial charge is 0.545 e. The molecule has 0 saturated heterocycles. The molecule has 84 valence electrons. The van der Waals surface area contributed by atoms with E-state index in [1.54, 1.807) is 0 Å². The fourth-order valence-corrected chi connectivity index (χ4v) is 1.23. The van der Waals surface area contributed by atoms with Gasteiger partial charge in [0.25, 0.3) is 0 Å². The van der Waals surface area contributed by atoms with E-state index in [4.69, 9.17) is 0 Å². The molecule has 4 heteroatoms. The fourth-order valence-electron chi connectivity index (χ4n) is 1.23. The lowest BCUT2D eigenvalue weighted by Crippen LogP contribution is -2.26. The molecule has 0 unspecified atom stereocenters. The average Bonchev–Trinajstić information content (AvgIpc) is 2.27. The minimum atomic E-state index is -1.39. The molecule has 0 aliphatic heterocycles. The standard InChI is InChI=1S/C12H13NO3/c1-9(10-5-3-2-4-6-10)13-11(14)7-8-12(15)16/h2-9H,1H3,(H,13,14)(H,15,16)/p-1/b8-7+/t9-/m1/s1. The molecule has 4 nitrogen and oxygen atoms in total. The first-order valence-electron chi connectivity index (χ1n) is 4.84. The Balaban J connectivity index is 2.55. The molecule has 1 aromatic rings. The van der Waals surface area contributed by atoms with Crippen molar-refractivity contribution in [2.75, 3.05) is 0 Å². The van der Waals surface area contributed by atoms with Crippen LogP contribution < -0.4 is 10.4 Å². The van der Waals surface area contributed by atoms with Gasteiger partial charge in [0.1, 0.15) is 0 Å². The van der Waals surface area contributed by atoms with E-state index >= 15 is 0 Å². The van der Waals surface area contributed by atoms with Crippen molar-refractivity contribution in [2.45, 2.75) is 13.0 Å². The Bertz CT molecular complexity index is 398. The van der Waals surface area contributed by atoms with Gasteiger partial charge in [0.15, 0.2) is 0 Å². The summed E-state index contributed by atoms with van der Waals surface area (Å²) in [6.07, 6.45) is 1.64. The maximum absolute atomic E-state index is 11.2. The topological polar surface area (TPSA) is 69.2 Å². The monoisotopic (exact) mass is 218 g/mol. The van der Waals surface area contributed by atoms with Gasteiger partial charge in [-0.2, -0.15) is 0 Å². The maximum atomic E-state index is 11.2. The number of rotatable bonds is 4. The molecule has 1 rings (SSSR count). The van der Waals surface area contributed by atoms with E-state index in [1.807, 2.05) is 37.3 Å². The first kappa shape index (κ1) is 12.0. The molecule has 1 atom stereocenters. The van der Waals surface area contributed by atoms with Gasteiger partial charge in [-0.3, -0.25) is 4.79 Å². The van der Waals surface area contributed by atoms with Gasteiger partial charge in [-0.1, -0.05) is 30.3 Å². The van der Waals surface area contributed by atoms with E-state index < -0.39 is 11.9 Å². The van der Waals surface area contributed by atoms with Crippen molar-refractivity contribution < 1.29 is 14.7 Å².